The molecule has 0 saturated carbocycles. The maximum Gasteiger partial charge on any atom is 0.348 e. The first-order valence-electron chi connectivity index (χ1n) is 5.03. The summed E-state index contributed by atoms with van der Waals surface area (Å²) >= 11 is 0. The molecule has 0 aliphatic heterocycles. The Hall–Kier alpha value is -1.93. The summed E-state index contributed by atoms with van der Waals surface area (Å²) in [7, 11) is 1.55. The molecule has 0 fully saturated rings. The van der Waals surface area contributed by atoms with Crippen LogP contribution in [0, 0.1) is 0 Å². The second-order valence-electron chi connectivity index (χ2n) is 3.51. The number of methoxy groups -OCH3 is 1. The third-order valence-electron chi connectivity index (χ3n) is 2.25. The van der Waals surface area contributed by atoms with E-state index in [9.17, 15) is 4.79 Å². The van der Waals surface area contributed by atoms with Crippen molar-refractivity contribution in [2.75, 3.05) is 25.6 Å². The van der Waals surface area contributed by atoms with Crippen molar-refractivity contribution in [1.82, 2.24) is 19.6 Å². The van der Waals surface area contributed by atoms with E-state index in [0.29, 0.717) is 18.1 Å². The summed E-state index contributed by atoms with van der Waals surface area (Å²) in [6, 6.07) is 1.36. The summed E-state index contributed by atoms with van der Waals surface area (Å²) in [6.45, 7) is 0.283. The van der Waals surface area contributed by atoms with Gasteiger partial charge in [-0.05, 0) is 0 Å². The molecule has 0 aliphatic carbocycles. The van der Waals surface area contributed by atoms with Crippen molar-refractivity contribution in [2.24, 2.45) is 0 Å². The highest BCUT2D eigenvalue weighted by molar-refractivity contribution is 5.48. The summed E-state index contributed by atoms with van der Waals surface area (Å²) in [5, 5.41) is 18.2. The Bertz CT molecular complexity index is 549. The highest BCUT2D eigenvalue weighted by Crippen LogP contribution is 2.06. The SMILES string of the molecule is COCC(CO)Nc1cc2n[nH]c(=O)n2cn1. The number of fused-ring (bicyclic) bond motifs is 1. The Morgan fingerprint density at radius 1 is 1.71 bits per heavy atom. The largest absolute Gasteiger partial charge is 0.394 e. The van der Waals surface area contributed by atoms with Gasteiger partial charge in [-0.3, -0.25) is 0 Å². The molecule has 2 rings (SSSR count). The number of nitrogens with one attached hydrogen (secondary N) is 2. The molecular formula is C9H13N5O3. The number of ether oxygens (including phenoxy) is 1. The van der Waals surface area contributed by atoms with E-state index in [1.807, 2.05) is 0 Å². The minimum atomic E-state index is -0.338. The zero-order chi connectivity index (χ0) is 12.3. The Morgan fingerprint density at radius 2 is 2.53 bits per heavy atom. The Labute approximate surface area is 96.3 Å². The molecule has 0 amide bonds. The standard InChI is InChI=1S/C9H13N5O3/c1-17-4-6(3-15)11-7-2-8-12-13-9(16)14(8)5-10-7/h2,5-6,11,15H,3-4H2,1H3,(H,13,16). The quantitative estimate of drug-likeness (QED) is 0.607. The van der Waals surface area contributed by atoms with Gasteiger partial charge in [0.1, 0.15) is 12.1 Å². The fraction of sp³-hybridized carbons (Fsp3) is 0.444. The monoisotopic (exact) mass is 239 g/mol. The fourth-order valence-corrected chi connectivity index (χ4v) is 1.44. The number of aliphatic hydroxyl groups excluding tert-OH is 1. The van der Waals surface area contributed by atoms with Gasteiger partial charge in [-0.15, -0.1) is 0 Å². The van der Waals surface area contributed by atoms with Crippen molar-refractivity contribution in [3.8, 4) is 0 Å². The second kappa shape index (κ2) is 4.93. The lowest BCUT2D eigenvalue weighted by Crippen LogP contribution is -2.29. The first kappa shape index (κ1) is 11.6. The fourth-order valence-electron chi connectivity index (χ4n) is 1.44. The van der Waals surface area contributed by atoms with E-state index in [0.717, 1.165) is 0 Å². The predicted molar refractivity (Wildman–Crippen MR) is 60.0 cm³/mol. The third-order valence-corrected chi connectivity index (χ3v) is 2.25. The molecule has 0 spiro atoms. The predicted octanol–water partition coefficient (Wildman–Crippen LogP) is -1.16. The molecule has 92 valence electrons. The number of anilines is 1. The van der Waals surface area contributed by atoms with Crippen LogP contribution in [0.3, 0.4) is 0 Å². The summed E-state index contributed by atoms with van der Waals surface area (Å²) in [5.74, 6) is 0.521. The minimum Gasteiger partial charge on any atom is -0.394 e. The Morgan fingerprint density at radius 3 is 3.24 bits per heavy atom. The maximum atomic E-state index is 11.2. The van der Waals surface area contributed by atoms with Crippen LogP contribution in [0.4, 0.5) is 5.82 Å². The summed E-state index contributed by atoms with van der Waals surface area (Å²) in [4.78, 5) is 15.2. The normalized spacial score (nSPS) is 12.8. The molecule has 0 aromatic carbocycles. The van der Waals surface area contributed by atoms with Gasteiger partial charge in [-0.1, -0.05) is 0 Å². The van der Waals surface area contributed by atoms with E-state index >= 15 is 0 Å². The molecule has 8 heteroatoms. The van der Waals surface area contributed by atoms with Crippen molar-refractivity contribution in [2.45, 2.75) is 6.04 Å². The van der Waals surface area contributed by atoms with Gasteiger partial charge < -0.3 is 15.2 Å². The van der Waals surface area contributed by atoms with Crippen LogP contribution in [0.2, 0.25) is 0 Å². The smallest absolute Gasteiger partial charge is 0.348 e. The number of aliphatic hydroxyl groups is 1. The lowest BCUT2D eigenvalue weighted by atomic mass is 10.3. The highest BCUT2D eigenvalue weighted by atomic mass is 16.5. The highest BCUT2D eigenvalue weighted by Gasteiger charge is 2.08. The van der Waals surface area contributed by atoms with Gasteiger partial charge in [0.25, 0.3) is 0 Å². The molecule has 3 N–H and O–H groups in total. The molecule has 2 aromatic rings. The summed E-state index contributed by atoms with van der Waals surface area (Å²) in [6.07, 6.45) is 1.37. The van der Waals surface area contributed by atoms with Crippen molar-refractivity contribution < 1.29 is 9.84 Å². The molecule has 0 bridgehead atoms. The van der Waals surface area contributed by atoms with Gasteiger partial charge in [-0.2, -0.15) is 5.10 Å². The molecule has 1 atom stereocenters. The average molecular weight is 239 g/mol. The number of hydrogen-bond donors (Lipinski definition) is 3. The van der Waals surface area contributed by atoms with Gasteiger partial charge in [0.15, 0.2) is 5.65 Å². The van der Waals surface area contributed by atoms with Gasteiger partial charge in [0.05, 0.1) is 19.3 Å². The summed E-state index contributed by atoms with van der Waals surface area (Å²) < 4.78 is 6.22. The number of aromatic amines is 1. The third kappa shape index (κ3) is 2.43. The first-order valence-corrected chi connectivity index (χ1v) is 5.03. The average Bonchev–Trinajstić information content (AvgIpc) is 2.70. The Kier molecular flexibility index (Phi) is 3.35. The van der Waals surface area contributed by atoms with Gasteiger partial charge in [0, 0.05) is 13.2 Å². The van der Waals surface area contributed by atoms with Crippen LogP contribution in [0.1, 0.15) is 0 Å². The van der Waals surface area contributed by atoms with E-state index in [4.69, 9.17) is 9.84 Å². The van der Waals surface area contributed by atoms with Crippen molar-refractivity contribution in [3.63, 3.8) is 0 Å². The van der Waals surface area contributed by atoms with E-state index in [-0.39, 0.29) is 18.3 Å². The molecule has 2 heterocycles. The number of rotatable bonds is 5. The number of nitrogens with zero attached hydrogens (tertiary/aromatic N) is 3. The van der Waals surface area contributed by atoms with E-state index in [1.54, 1.807) is 13.2 Å². The molecule has 17 heavy (non-hydrogen) atoms. The lowest BCUT2D eigenvalue weighted by Gasteiger charge is -2.15. The molecule has 1 unspecified atom stereocenters. The minimum absolute atomic E-state index is 0.0753. The van der Waals surface area contributed by atoms with Gasteiger partial charge in [-0.25, -0.2) is 19.3 Å². The second-order valence-corrected chi connectivity index (χ2v) is 3.51. The molecule has 2 aromatic heterocycles. The van der Waals surface area contributed by atoms with Crippen molar-refractivity contribution in [1.29, 1.82) is 0 Å². The lowest BCUT2D eigenvalue weighted by molar-refractivity contribution is 0.153. The number of aromatic nitrogens is 4. The zero-order valence-electron chi connectivity index (χ0n) is 9.25. The maximum absolute atomic E-state index is 11.2. The van der Waals surface area contributed by atoms with Crippen LogP contribution in [0.5, 0.6) is 0 Å². The van der Waals surface area contributed by atoms with Crippen LogP contribution >= 0.6 is 0 Å². The van der Waals surface area contributed by atoms with Crippen LogP contribution in [-0.2, 0) is 4.74 Å². The molecule has 0 radical (unpaired) electrons. The number of H-pyrrole nitrogens is 1. The van der Waals surface area contributed by atoms with Crippen molar-refractivity contribution in [3.05, 3.63) is 22.9 Å². The van der Waals surface area contributed by atoms with Crippen LogP contribution < -0.4 is 11.0 Å². The molecule has 0 aliphatic rings. The van der Waals surface area contributed by atoms with E-state index in [2.05, 4.69) is 20.5 Å². The van der Waals surface area contributed by atoms with Gasteiger partial charge >= 0.3 is 5.69 Å². The van der Waals surface area contributed by atoms with Crippen molar-refractivity contribution >= 4 is 11.5 Å². The molecule has 8 nitrogen and oxygen atoms in total. The molecular weight excluding hydrogens is 226 g/mol. The van der Waals surface area contributed by atoms with E-state index in [1.165, 1.54) is 10.7 Å². The van der Waals surface area contributed by atoms with Crippen LogP contribution in [0.25, 0.3) is 5.65 Å². The summed E-state index contributed by atoms with van der Waals surface area (Å²) in [5.41, 5.74) is 0.122. The first-order chi connectivity index (χ1) is 8.24. The molecule has 0 saturated heterocycles. The van der Waals surface area contributed by atoms with Gasteiger partial charge in [0.2, 0.25) is 0 Å². The van der Waals surface area contributed by atoms with Crippen LogP contribution in [0.15, 0.2) is 17.2 Å². The number of hydrogen-bond acceptors (Lipinski definition) is 6. The topological polar surface area (TPSA) is 105 Å². The Balaban J connectivity index is 2.21. The van der Waals surface area contributed by atoms with Crippen LogP contribution in [-0.4, -0.2) is 51.1 Å². The zero-order valence-corrected chi connectivity index (χ0v) is 9.25. The van der Waals surface area contributed by atoms with E-state index < -0.39 is 0 Å².